The molecule has 7 heteroatoms. The first kappa shape index (κ1) is 46.0. The van der Waals surface area contributed by atoms with Gasteiger partial charge in [0, 0.05) is 33.8 Å². The minimum absolute atomic E-state index is 0.0136. The molecule has 4 aromatic heterocycles. The molecule has 18 aromatic rings. The Bertz CT molecular complexity index is 7440. The van der Waals surface area contributed by atoms with Gasteiger partial charge in [0.05, 0.1) is 59.5 Å². The quantitative estimate of drug-likeness (QED) is 0.0561. The van der Waals surface area contributed by atoms with E-state index in [4.69, 9.17) is 18.3 Å². The molecule has 0 spiro atoms. The van der Waals surface area contributed by atoms with E-state index in [1.165, 1.54) is 0 Å². The van der Waals surface area contributed by atoms with Crippen LogP contribution in [0.15, 0.2) is 344 Å². The minimum Gasteiger partial charge on any atom is -0.458 e. The molecule has 0 unspecified atom stereocenters. The lowest BCUT2D eigenvalue weighted by atomic mass is 9.85. The number of hydrogen-bond donors (Lipinski definition) is 0. The van der Waals surface area contributed by atoms with E-state index < -0.39 is 149 Å². The molecular formula is C98H74N4O2Si. The molecule has 0 saturated carbocycles. The van der Waals surface area contributed by atoms with E-state index in [0.29, 0.717) is 61.7 Å². The van der Waals surface area contributed by atoms with Gasteiger partial charge in [-0.2, -0.15) is 0 Å². The number of pyridine rings is 1. The number of furan rings is 1. The van der Waals surface area contributed by atoms with Crippen LogP contribution in [0.25, 0.3) is 139 Å². The van der Waals surface area contributed by atoms with Crippen LogP contribution in [0.3, 0.4) is 0 Å². The largest absolute Gasteiger partial charge is 0.458 e. The highest BCUT2D eigenvalue weighted by molar-refractivity contribution is 7.20. The fourth-order valence-corrected chi connectivity index (χ4v) is 18.8. The molecule has 105 heavy (non-hydrogen) atoms. The van der Waals surface area contributed by atoms with Crippen molar-refractivity contribution in [3.8, 4) is 95.5 Å². The average molecular weight is 1390 g/mol. The van der Waals surface area contributed by atoms with Gasteiger partial charge in [-0.3, -0.25) is 13.7 Å². The van der Waals surface area contributed by atoms with Gasteiger partial charge in [0.1, 0.15) is 28.5 Å². The molecule has 5 heterocycles. The van der Waals surface area contributed by atoms with Gasteiger partial charge in [0.15, 0.2) is 8.07 Å². The lowest BCUT2D eigenvalue weighted by Crippen LogP contribution is -2.74. The maximum atomic E-state index is 11.0. The summed E-state index contributed by atoms with van der Waals surface area (Å²) in [6.45, 7) is 13.0. The molecular weight excluding hydrogens is 1290 g/mol. The van der Waals surface area contributed by atoms with Crippen LogP contribution < -0.4 is 30.1 Å². The number of benzene rings is 14. The molecule has 6 nitrogen and oxygen atoms in total. The smallest absolute Gasteiger partial charge is 0.269 e. The summed E-state index contributed by atoms with van der Waals surface area (Å²) in [5, 5.41) is 0.212. The van der Waals surface area contributed by atoms with Gasteiger partial charge in [0.2, 0.25) is 0 Å². The van der Waals surface area contributed by atoms with Crippen LogP contribution >= 0.6 is 0 Å². The van der Waals surface area contributed by atoms with Gasteiger partial charge < -0.3 is 9.15 Å². The van der Waals surface area contributed by atoms with Crippen molar-refractivity contribution in [3.05, 3.63) is 357 Å². The standard InChI is InChI=1S/C98H74N4O2Si/c1-97(2,3)69-47-43-64(44-48-69)78-39-24-40-85-86-56-66(65-25-22-34-77(55-65)105(74-28-10-7-11-29-74,75-30-12-8-13-31-75)76-32-14-9-15-33-76)45-50-81(86)79-35-16-17-36-80(79)88-58-68(67-46-52-93-87(57-67)84-38-19-21-42-92(84)104-93)59-91-96(88)101(95(78)85)63-100(91)71-26-23-27-72(61-71)103-73-49-51-83-82-37-18-20-41-89(82)102(90(83)62-73)94-60-70(53-54-99-94)98(4,5)6/h7-62H,1-6H3/i7D,8D,9D,10D,11D,12D,13D,14D,15D,22D,25D,28D,29D,30D,31D,32D,33D,34D,55D. The fraction of sp³-hybridized carbons (Fsp3) is 0.0816. The maximum absolute atomic E-state index is 11.0. The summed E-state index contributed by atoms with van der Waals surface area (Å²) in [4.78, 5) is 4.95. The molecule has 0 atom stereocenters. The molecule has 0 N–H and O–H groups in total. The summed E-state index contributed by atoms with van der Waals surface area (Å²) in [6.07, 6.45) is 5.82. The predicted octanol–water partition coefficient (Wildman–Crippen LogP) is 22.2. The van der Waals surface area contributed by atoms with Crippen LogP contribution in [0.5, 0.6) is 11.5 Å². The first-order valence-electron chi connectivity index (χ1n) is 44.2. The van der Waals surface area contributed by atoms with Gasteiger partial charge >= 0.3 is 0 Å². The van der Waals surface area contributed by atoms with Crippen molar-refractivity contribution in [2.45, 2.75) is 52.4 Å². The normalized spacial score (nSPS) is 14.8. The Balaban J connectivity index is 0.903. The Kier molecular flexibility index (Phi) is 10.9. The van der Waals surface area contributed by atoms with E-state index >= 15 is 0 Å². The molecule has 1 aliphatic rings. The number of rotatable bonds is 11. The van der Waals surface area contributed by atoms with Gasteiger partial charge in [0.25, 0.3) is 6.33 Å². The van der Waals surface area contributed by atoms with Crippen LogP contribution in [0.1, 0.15) is 78.7 Å². The monoisotopic (exact) mass is 1390 g/mol. The van der Waals surface area contributed by atoms with Crippen molar-refractivity contribution < 1.29 is 39.8 Å². The highest BCUT2D eigenvalue weighted by Gasteiger charge is 2.42. The molecule has 0 fully saturated rings. The lowest BCUT2D eigenvalue weighted by molar-refractivity contribution is -0.570. The molecule has 0 amide bonds. The summed E-state index contributed by atoms with van der Waals surface area (Å²) in [5.41, 5.74) is 14.4. The Hall–Kier alpha value is -12.7. The van der Waals surface area contributed by atoms with Crippen molar-refractivity contribution in [3.63, 3.8) is 0 Å². The second kappa shape index (κ2) is 24.8. The van der Waals surface area contributed by atoms with Crippen molar-refractivity contribution in [1.29, 1.82) is 0 Å². The van der Waals surface area contributed by atoms with Gasteiger partial charge in [-0.25, -0.2) is 4.98 Å². The Morgan fingerprint density at radius 3 is 1.73 bits per heavy atom. The molecule has 0 saturated heterocycles. The topological polar surface area (TPSA) is 49.0 Å². The third kappa shape index (κ3) is 10.7. The van der Waals surface area contributed by atoms with E-state index in [-0.39, 0.29) is 16.4 Å². The van der Waals surface area contributed by atoms with E-state index in [1.54, 1.807) is 12.1 Å². The molecule has 19 rings (SSSR count). The Morgan fingerprint density at radius 1 is 0.400 bits per heavy atom. The number of hydrogen-bond acceptors (Lipinski definition) is 3. The minimum atomic E-state index is -6.25. The third-order valence-electron chi connectivity index (χ3n) is 20.3. The maximum Gasteiger partial charge on any atom is 0.269 e. The second-order valence-corrected chi connectivity index (χ2v) is 32.1. The average Bonchev–Trinajstić information content (AvgIpc) is 1.13. The summed E-state index contributed by atoms with van der Waals surface area (Å²) in [5.74, 6) is 1.84. The summed E-state index contributed by atoms with van der Waals surface area (Å²) in [6, 6.07) is 52.6. The van der Waals surface area contributed by atoms with Crippen LogP contribution in [0, 0.1) is 6.33 Å². The van der Waals surface area contributed by atoms with E-state index in [9.17, 15) is 21.9 Å². The zero-order chi connectivity index (χ0) is 87.2. The molecule has 1 aliphatic heterocycles. The summed E-state index contributed by atoms with van der Waals surface area (Å²) < 4.78 is 203. The third-order valence-corrected chi connectivity index (χ3v) is 24.3. The van der Waals surface area contributed by atoms with Crippen LogP contribution in [-0.2, 0) is 10.8 Å². The van der Waals surface area contributed by atoms with E-state index in [1.807, 2.05) is 144 Å². The molecule has 0 radical (unpaired) electrons. The highest BCUT2D eigenvalue weighted by Crippen LogP contribution is 2.48. The van der Waals surface area contributed by atoms with E-state index in [2.05, 4.69) is 130 Å². The predicted molar refractivity (Wildman–Crippen MR) is 437 cm³/mol. The number of imidazole rings is 1. The first-order valence-corrected chi connectivity index (χ1v) is 36.7. The van der Waals surface area contributed by atoms with Gasteiger partial charge in [-0.05, 0) is 188 Å². The van der Waals surface area contributed by atoms with Crippen molar-refractivity contribution in [1.82, 2.24) is 14.1 Å². The number of ether oxygens (including phenoxy) is 1. The summed E-state index contributed by atoms with van der Waals surface area (Å²) >= 11 is 0. The molecule has 0 bridgehead atoms. The fourth-order valence-electron chi connectivity index (χ4n) is 15.2. The lowest BCUT2D eigenvalue weighted by Gasteiger charge is -2.34. The first-order chi connectivity index (χ1) is 59.2. The van der Waals surface area contributed by atoms with Crippen molar-refractivity contribution in [2.24, 2.45) is 0 Å². The number of aromatic nitrogens is 4. The molecule has 0 aliphatic carbocycles. The van der Waals surface area contributed by atoms with Crippen LogP contribution in [-0.4, -0.2) is 22.2 Å². The van der Waals surface area contributed by atoms with Gasteiger partial charge in [-0.1, -0.05) is 290 Å². The number of nitrogens with zero attached hydrogens (tertiary/aromatic N) is 4. The molecule has 502 valence electrons. The number of para-hydroxylation sites is 3. The van der Waals surface area contributed by atoms with E-state index in [0.717, 1.165) is 88.5 Å². The number of fused-ring (bicyclic) bond motifs is 13. The Labute approximate surface area is 639 Å². The second-order valence-electron chi connectivity index (χ2n) is 28.6. The zero-order valence-electron chi connectivity index (χ0n) is 77.0. The van der Waals surface area contributed by atoms with Crippen molar-refractivity contribution >= 4 is 83.6 Å². The van der Waals surface area contributed by atoms with Crippen molar-refractivity contribution in [2.75, 3.05) is 0 Å². The van der Waals surface area contributed by atoms with Crippen LogP contribution in [0.2, 0.25) is 0 Å². The molecule has 14 aromatic carbocycles. The Morgan fingerprint density at radius 2 is 0.990 bits per heavy atom. The zero-order valence-corrected chi connectivity index (χ0v) is 59.0. The SMILES string of the molecule is [2H]c1c([2H])c([2H])c([Si](c2c([2H])c([2H])c([2H])c([2H])c2[2H])(c2c([2H])c([2H])c([2H])c([2H])c2[2H])c2c([2H])c([2H])c([2H])c(-c3ccc4c(c3)-c3cccc(-c5ccc(C(C)(C)C)cc5)c3-[n+]3[c-]n(-c5cccc(Oc6ccc7c8ccccc8n(-c8cc(C(C)(C)C)ccn8)c7c6)c5)c5cc(-c6ccc7oc8ccccc8c7c6)cc(c53)-c3ccccc3-4)c2[2H])c([2H])c1[2H]. The van der Waals surface area contributed by atoms with Gasteiger partial charge in [-0.15, -0.1) is 0 Å². The highest BCUT2D eigenvalue weighted by atomic mass is 28.3. The van der Waals surface area contributed by atoms with Crippen LogP contribution in [0.4, 0.5) is 0 Å². The summed E-state index contributed by atoms with van der Waals surface area (Å²) in [7, 11) is -6.25.